The van der Waals surface area contributed by atoms with Crippen LogP contribution < -0.4 is 10.3 Å². The van der Waals surface area contributed by atoms with Crippen LogP contribution in [0, 0.1) is 34.3 Å². The number of hydrogen-bond acceptors (Lipinski definition) is 5. The molecule has 208 valence electrons. The molecule has 1 aromatic carbocycles. The van der Waals surface area contributed by atoms with Gasteiger partial charge < -0.3 is 5.11 Å². The van der Waals surface area contributed by atoms with E-state index < -0.39 is 23.2 Å². The van der Waals surface area contributed by atoms with Crippen LogP contribution in [-0.2, 0) is 4.79 Å². The number of Topliss-reactive ketones (excluding diaryl/α,β-unsaturated/α-hetero) is 1. The molecule has 0 radical (unpaired) electrons. The van der Waals surface area contributed by atoms with Crippen LogP contribution in [-0.4, -0.2) is 39.0 Å². The van der Waals surface area contributed by atoms with E-state index in [-0.39, 0.29) is 70.0 Å². The molecule has 2 unspecified atom stereocenters. The van der Waals surface area contributed by atoms with E-state index in [2.05, 4.69) is 11.9 Å². The first-order valence-corrected chi connectivity index (χ1v) is 14.0. The maximum absolute atomic E-state index is 15.1. The van der Waals surface area contributed by atoms with Crippen molar-refractivity contribution in [1.29, 1.82) is 0 Å². The van der Waals surface area contributed by atoms with Crippen molar-refractivity contribution >= 4 is 28.5 Å². The number of aliphatic hydroxyl groups is 1. The summed E-state index contributed by atoms with van der Waals surface area (Å²) in [5.41, 5.74) is -0.448. The fourth-order valence-electron chi connectivity index (χ4n) is 8.88. The van der Waals surface area contributed by atoms with Crippen LogP contribution in [0.15, 0.2) is 41.3 Å². The molecule has 5 fully saturated rings. The maximum Gasteiger partial charge on any atom is 0.230 e. The first kappa shape index (κ1) is 25.5. The van der Waals surface area contributed by atoms with Gasteiger partial charge in [0.15, 0.2) is 11.4 Å². The van der Waals surface area contributed by atoms with Crippen molar-refractivity contribution in [3.8, 4) is 5.69 Å². The molecule has 3 aromatic rings. The summed E-state index contributed by atoms with van der Waals surface area (Å²) >= 11 is 0. The smallest absolute Gasteiger partial charge is 0.230 e. The summed E-state index contributed by atoms with van der Waals surface area (Å²) in [5.74, 6) is -0.788. The molecular weight excluding hydrogens is 516 g/mol. The van der Waals surface area contributed by atoms with Gasteiger partial charge >= 0.3 is 0 Å². The summed E-state index contributed by atoms with van der Waals surface area (Å²) in [6.07, 6.45) is 7.32. The topological polar surface area (TPSA) is 92.5 Å². The monoisotopic (exact) mass is 547 g/mol. The molecule has 40 heavy (non-hydrogen) atoms. The van der Waals surface area contributed by atoms with Gasteiger partial charge in [-0.25, -0.2) is 13.8 Å². The van der Waals surface area contributed by atoms with E-state index in [1.807, 2.05) is 0 Å². The molecule has 3 heterocycles. The van der Waals surface area contributed by atoms with Crippen molar-refractivity contribution in [2.75, 3.05) is 11.4 Å². The minimum atomic E-state index is -0.878. The first-order chi connectivity index (χ1) is 19.0. The molecule has 2 aromatic heterocycles. The van der Waals surface area contributed by atoms with Gasteiger partial charge in [-0.05, 0) is 85.5 Å². The fourth-order valence-corrected chi connectivity index (χ4v) is 8.88. The second-order valence-electron chi connectivity index (χ2n) is 13.1. The number of ketones is 1. The molecule has 0 spiro atoms. The Morgan fingerprint density at radius 2 is 1.85 bits per heavy atom. The highest BCUT2D eigenvalue weighted by atomic mass is 19.1. The predicted octanol–water partition coefficient (Wildman–Crippen LogP) is 4.94. The zero-order chi connectivity index (χ0) is 28.0. The number of halogens is 2. The minimum absolute atomic E-state index is 0.0423. The normalized spacial score (nSPS) is 30.9. The number of carbonyl (C=O) groups excluding carboxylic acids is 2. The number of β-amino-alcohol motifs (C(OH)–C–C–N with tert-alkyl or cyclic N) is 1. The second-order valence-corrected chi connectivity index (χ2v) is 13.1. The zero-order valence-corrected chi connectivity index (χ0v) is 22.3. The average Bonchev–Trinajstić information content (AvgIpc) is 3.20. The largest absolute Gasteiger partial charge is 0.391 e. The lowest BCUT2D eigenvalue weighted by Crippen LogP contribution is -2.51. The van der Waals surface area contributed by atoms with Gasteiger partial charge in [0.05, 0.1) is 35.7 Å². The highest BCUT2D eigenvalue weighted by Gasteiger charge is 2.56. The predicted molar refractivity (Wildman–Crippen MR) is 144 cm³/mol. The third-order valence-electron chi connectivity index (χ3n) is 9.70. The Kier molecular flexibility index (Phi) is 5.59. The Morgan fingerprint density at radius 3 is 2.50 bits per heavy atom. The van der Waals surface area contributed by atoms with Gasteiger partial charge in [0, 0.05) is 18.7 Å². The number of carbonyl (C=O) groups is 2. The van der Waals surface area contributed by atoms with Crippen molar-refractivity contribution < 1.29 is 23.5 Å². The van der Waals surface area contributed by atoms with E-state index in [1.165, 1.54) is 53.1 Å². The van der Waals surface area contributed by atoms with E-state index in [0.29, 0.717) is 11.8 Å². The van der Waals surface area contributed by atoms with Gasteiger partial charge in [0.25, 0.3) is 0 Å². The number of amides is 1. The molecule has 1 aliphatic heterocycles. The van der Waals surface area contributed by atoms with Crippen molar-refractivity contribution in [1.82, 2.24) is 9.55 Å². The number of pyridine rings is 2. The highest BCUT2D eigenvalue weighted by molar-refractivity contribution is 6.00. The van der Waals surface area contributed by atoms with Crippen LogP contribution in [0.3, 0.4) is 0 Å². The Morgan fingerprint density at radius 1 is 1.10 bits per heavy atom. The van der Waals surface area contributed by atoms with Crippen LogP contribution in [0.1, 0.15) is 68.6 Å². The van der Waals surface area contributed by atoms with E-state index in [9.17, 15) is 23.9 Å². The molecule has 1 amide bonds. The highest BCUT2D eigenvalue weighted by Crippen LogP contribution is 2.66. The van der Waals surface area contributed by atoms with E-state index in [4.69, 9.17) is 0 Å². The Hall–Kier alpha value is -3.46. The molecular formula is C31H31F2N3O4. The van der Waals surface area contributed by atoms with Gasteiger partial charge in [-0.1, -0.05) is 6.92 Å². The summed E-state index contributed by atoms with van der Waals surface area (Å²) < 4.78 is 30.2. The standard InChI is InChI=1S/C31H31F2N3O4/c1-30-9-17-6-18(10-30)12-31(11-17,16-30)13-25(38)22-15-35(24-4-2-19(32)7-23(24)33)29-21(28(22)40)3-5-26(34-29)36-14-20(37)8-27(36)39/h2-5,7,15,17-18,20,37H,6,8-14,16H2,1H3/t17?,18?,20-,30?,31?/m0/s1. The maximum atomic E-state index is 15.1. The van der Waals surface area contributed by atoms with E-state index >= 15 is 4.39 Å². The van der Waals surface area contributed by atoms with Gasteiger partial charge in [-0.2, -0.15) is 0 Å². The lowest BCUT2D eigenvalue weighted by Gasteiger charge is -2.61. The molecule has 1 N–H and O–H groups in total. The Balaban J connectivity index is 1.34. The van der Waals surface area contributed by atoms with Crippen molar-refractivity contribution in [3.05, 3.63) is 63.9 Å². The van der Waals surface area contributed by atoms with Crippen molar-refractivity contribution in [2.45, 2.75) is 64.4 Å². The number of aromatic nitrogens is 2. The molecule has 4 bridgehead atoms. The average molecular weight is 548 g/mol. The fraction of sp³-hybridized carbons (Fsp3) is 0.484. The number of fused-ring (bicyclic) bond motifs is 1. The third kappa shape index (κ3) is 4.08. The molecule has 7 nitrogen and oxygen atoms in total. The first-order valence-electron chi connectivity index (χ1n) is 14.0. The van der Waals surface area contributed by atoms with Crippen LogP contribution in [0.25, 0.3) is 16.7 Å². The minimum Gasteiger partial charge on any atom is -0.391 e. The second kappa shape index (κ2) is 8.77. The zero-order valence-electron chi connectivity index (χ0n) is 22.3. The van der Waals surface area contributed by atoms with Gasteiger partial charge in [0.1, 0.15) is 17.5 Å². The van der Waals surface area contributed by atoms with Crippen LogP contribution >= 0.6 is 0 Å². The van der Waals surface area contributed by atoms with Crippen LogP contribution in [0.2, 0.25) is 0 Å². The SMILES string of the molecule is CC12CC3CC(C1)CC(CC(=O)c1cn(-c4ccc(F)cc4F)c4nc(N5C[C@@H](O)CC5=O)ccc4c1=O)(C3)C2. The molecule has 4 aliphatic carbocycles. The van der Waals surface area contributed by atoms with Crippen LogP contribution in [0.5, 0.6) is 0 Å². The number of nitrogens with zero attached hydrogens (tertiary/aromatic N) is 3. The number of anilines is 1. The molecule has 1 saturated heterocycles. The Labute approximate surface area is 229 Å². The summed E-state index contributed by atoms with van der Waals surface area (Å²) in [4.78, 5) is 45.9. The molecule has 9 heteroatoms. The molecule has 4 saturated carbocycles. The van der Waals surface area contributed by atoms with Gasteiger partial charge in [-0.15, -0.1) is 0 Å². The third-order valence-corrected chi connectivity index (χ3v) is 9.70. The van der Waals surface area contributed by atoms with Gasteiger partial charge in [0.2, 0.25) is 11.3 Å². The summed E-state index contributed by atoms with van der Waals surface area (Å²) in [6, 6.07) is 6.06. The number of hydrogen-bond donors (Lipinski definition) is 1. The number of aliphatic hydroxyl groups excluding tert-OH is 1. The van der Waals surface area contributed by atoms with Gasteiger partial charge in [-0.3, -0.25) is 23.9 Å². The Bertz CT molecular complexity index is 1640. The van der Waals surface area contributed by atoms with E-state index in [0.717, 1.165) is 31.4 Å². The summed E-state index contributed by atoms with van der Waals surface area (Å²) in [5, 5.41) is 10.0. The van der Waals surface area contributed by atoms with E-state index in [1.54, 1.807) is 0 Å². The molecule has 5 aliphatic rings. The summed E-state index contributed by atoms with van der Waals surface area (Å²) in [7, 11) is 0. The lowest BCUT2D eigenvalue weighted by atomic mass is 9.44. The molecule has 3 atom stereocenters. The van der Waals surface area contributed by atoms with Crippen LogP contribution in [0.4, 0.5) is 14.6 Å². The van der Waals surface area contributed by atoms with Crippen molar-refractivity contribution in [3.63, 3.8) is 0 Å². The van der Waals surface area contributed by atoms with Crippen molar-refractivity contribution in [2.24, 2.45) is 22.7 Å². The lowest BCUT2D eigenvalue weighted by molar-refractivity contribution is -0.117. The molecule has 8 rings (SSSR count). The summed E-state index contributed by atoms with van der Waals surface area (Å²) in [6.45, 7) is 2.38. The number of benzene rings is 1. The quantitative estimate of drug-likeness (QED) is 0.457. The number of rotatable bonds is 5.